The van der Waals surface area contributed by atoms with Gasteiger partial charge in [0.05, 0.1) is 12.2 Å². The summed E-state index contributed by atoms with van der Waals surface area (Å²) in [6.07, 6.45) is 34.2. The Balaban J connectivity index is 0.000000181. The molecule has 2 heteroatoms. The van der Waals surface area contributed by atoms with Gasteiger partial charge in [-0.2, -0.15) is 0 Å². The molecule has 0 spiro atoms. The molecule has 2 N–H and O–H groups in total. The zero-order valence-electron chi connectivity index (χ0n) is 41.8. The predicted molar refractivity (Wildman–Crippen MR) is 256 cm³/mol. The van der Waals surface area contributed by atoms with Crippen LogP contribution in [0.25, 0.3) is 0 Å². The van der Waals surface area contributed by atoms with E-state index < -0.39 is 0 Å². The average molecular weight is 829 g/mol. The predicted octanol–water partition coefficient (Wildman–Crippen LogP) is 16.0. The highest BCUT2D eigenvalue weighted by Crippen LogP contribution is 2.69. The zero-order valence-corrected chi connectivity index (χ0v) is 41.8. The minimum atomic E-state index is -0.0794. The van der Waals surface area contributed by atoms with Crippen molar-refractivity contribution in [2.45, 2.75) is 237 Å². The van der Waals surface area contributed by atoms with Gasteiger partial charge >= 0.3 is 0 Å². The number of allylic oxidation sites excluding steroid dienone is 2. The van der Waals surface area contributed by atoms with E-state index in [0.29, 0.717) is 21.7 Å². The molecular weight excluding hydrogens is 729 g/mol. The Morgan fingerprint density at radius 1 is 0.500 bits per heavy atom. The van der Waals surface area contributed by atoms with E-state index in [9.17, 15) is 10.2 Å². The van der Waals surface area contributed by atoms with Crippen molar-refractivity contribution in [1.29, 1.82) is 0 Å². The fourth-order valence-corrected chi connectivity index (χ4v) is 18.6. The molecule has 2 nitrogen and oxygen atoms in total. The van der Waals surface area contributed by atoms with Crippen molar-refractivity contribution in [1.82, 2.24) is 0 Å². The molecule has 6 saturated carbocycles. The van der Waals surface area contributed by atoms with Gasteiger partial charge in [0, 0.05) is 0 Å². The third-order valence-corrected chi connectivity index (χ3v) is 22.6. The molecule has 0 aromatic heterocycles. The Kier molecular flexibility index (Phi) is 14.8. The van der Waals surface area contributed by atoms with Gasteiger partial charge in [0.2, 0.25) is 0 Å². The Morgan fingerprint density at radius 3 is 1.23 bits per heavy atom. The van der Waals surface area contributed by atoms with E-state index in [1.54, 1.807) is 11.1 Å². The van der Waals surface area contributed by atoms with Crippen LogP contribution < -0.4 is 0 Å². The number of hydrogen-bond acceptors (Lipinski definition) is 2. The van der Waals surface area contributed by atoms with Crippen LogP contribution in [0.5, 0.6) is 0 Å². The first-order valence-electron chi connectivity index (χ1n) is 27.2. The van der Waals surface area contributed by atoms with Gasteiger partial charge in [0.1, 0.15) is 0 Å². The maximum atomic E-state index is 10.2. The van der Waals surface area contributed by atoms with E-state index in [1.807, 2.05) is 0 Å². The Hall–Kier alpha value is -0.600. The van der Waals surface area contributed by atoms with E-state index in [1.165, 1.54) is 116 Å². The first kappa shape index (κ1) is 47.4. The van der Waals surface area contributed by atoms with Crippen LogP contribution in [-0.4, -0.2) is 22.4 Å². The van der Waals surface area contributed by atoms with Crippen LogP contribution in [0.4, 0.5) is 0 Å². The molecule has 0 aliphatic heterocycles. The van der Waals surface area contributed by atoms with Gasteiger partial charge in [-0.05, 0) is 220 Å². The second-order valence-electron chi connectivity index (χ2n) is 25.7. The number of aliphatic hydroxyl groups excluding tert-OH is 2. The lowest BCUT2D eigenvalue weighted by atomic mass is 9.47. The molecule has 0 aromatic carbocycles. The number of hydrogen-bond donors (Lipinski definition) is 2. The maximum Gasteiger partial charge on any atom is 0.0577 e. The molecule has 0 aromatic rings. The van der Waals surface area contributed by atoms with E-state index in [2.05, 4.69) is 95.2 Å². The van der Waals surface area contributed by atoms with Crippen molar-refractivity contribution in [2.75, 3.05) is 0 Å². The average Bonchev–Trinajstić information content (AvgIpc) is 3.75. The van der Waals surface area contributed by atoms with Crippen molar-refractivity contribution in [3.8, 4) is 0 Å². The summed E-state index contributed by atoms with van der Waals surface area (Å²) in [5, 5.41) is 20.5. The van der Waals surface area contributed by atoms with Crippen LogP contribution in [0.15, 0.2) is 23.3 Å². The van der Waals surface area contributed by atoms with Gasteiger partial charge < -0.3 is 10.2 Å². The van der Waals surface area contributed by atoms with Crippen LogP contribution in [-0.2, 0) is 0 Å². The number of rotatable bonds is 12. The molecule has 0 heterocycles. The first-order valence-corrected chi connectivity index (χ1v) is 27.2. The van der Waals surface area contributed by atoms with Crippen LogP contribution >= 0.6 is 0 Å². The summed E-state index contributed by atoms with van der Waals surface area (Å²) < 4.78 is 0. The van der Waals surface area contributed by atoms with Crippen LogP contribution in [0.1, 0.15) is 224 Å². The summed E-state index contributed by atoms with van der Waals surface area (Å²) in [6.45, 7) is 30.2. The van der Waals surface area contributed by atoms with Gasteiger partial charge in [-0.1, -0.05) is 132 Å². The summed E-state index contributed by atoms with van der Waals surface area (Å²) >= 11 is 0. The van der Waals surface area contributed by atoms with Gasteiger partial charge in [-0.3, -0.25) is 0 Å². The van der Waals surface area contributed by atoms with Gasteiger partial charge in [-0.25, -0.2) is 0 Å². The first-order chi connectivity index (χ1) is 28.4. The molecule has 8 rings (SSSR count). The number of aliphatic hydroxyl groups is 2. The summed E-state index contributed by atoms with van der Waals surface area (Å²) in [4.78, 5) is 0. The van der Waals surface area contributed by atoms with Crippen LogP contribution in [0, 0.1) is 105 Å². The molecule has 8 aliphatic rings. The lowest BCUT2D eigenvalue weighted by Crippen LogP contribution is -2.50. The fraction of sp³-hybridized carbons (Fsp3) is 0.931. The highest BCUT2D eigenvalue weighted by molar-refractivity contribution is 5.27. The minimum Gasteiger partial charge on any atom is -0.393 e. The lowest BCUT2D eigenvalue weighted by Gasteiger charge is -2.58. The Morgan fingerprint density at radius 2 is 0.883 bits per heavy atom. The number of fused-ring (bicyclic) bond motifs is 10. The maximum absolute atomic E-state index is 10.2. The fourth-order valence-electron chi connectivity index (χ4n) is 18.6. The van der Waals surface area contributed by atoms with E-state index in [-0.39, 0.29) is 12.2 Å². The highest BCUT2D eigenvalue weighted by atomic mass is 16.3. The van der Waals surface area contributed by atoms with Gasteiger partial charge in [0.15, 0.2) is 0 Å². The molecule has 18 atom stereocenters. The Bertz CT molecular complexity index is 1380. The zero-order chi connectivity index (χ0) is 43.4. The van der Waals surface area contributed by atoms with Crippen molar-refractivity contribution in [3.63, 3.8) is 0 Å². The normalized spacial score (nSPS) is 45.3. The molecule has 2 unspecified atom stereocenters. The molecule has 0 bridgehead atoms. The quantitative estimate of drug-likeness (QED) is 0.192. The summed E-state index contributed by atoms with van der Waals surface area (Å²) in [5.74, 6) is 12.6. The molecule has 0 amide bonds. The van der Waals surface area contributed by atoms with Crippen LogP contribution in [0.2, 0.25) is 0 Å². The Labute approximate surface area is 373 Å². The largest absolute Gasteiger partial charge is 0.393 e. The van der Waals surface area contributed by atoms with Crippen LogP contribution in [0.3, 0.4) is 0 Å². The third kappa shape index (κ3) is 8.64. The van der Waals surface area contributed by atoms with E-state index >= 15 is 0 Å². The SMILES string of the molecule is CCC(CC[C@@H](C)[C@H]1CC[C@H]2[C@@H]3CC=C4C[C@@H](O)CC[C@]4(C)[C@H]3CC[C@]12C)C(C)C.CCC(CC[C@@H](C)[C@H]1CC[C@H]2[C@@H]3CC=C4C[C@@H](O)CC[C@]4(C)[C@H]3CC[C@]12C)C(C)C. The molecule has 8 aliphatic carbocycles. The second kappa shape index (κ2) is 18.7. The summed E-state index contributed by atoms with van der Waals surface area (Å²) in [6, 6.07) is 0. The molecule has 0 saturated heterocycles. The molecular formula is C58H100O2. The molecule has 0 radical (unpaired) electrons. The topological polar surface area (TPSA) is 40.5 Å². The van der Waals surface area contributed by atoms with E-state index in [0.717, 1.165) is 109 Å². The lowest BCUT2D eigenvalue weighted by molar-refractivity contribution is -0.0575. The minimum absolute atomic E-state index is 0.0794. The van der Waals surface area contributed by atoms with E-state index in [4.69, 9.17) is 0 Å². The standard InChI is InChI=1S/2C29H50O/c2*1-7-21(19(2)3)9-8-20(4)25-12-13-26-24-11-10-22-18-23(30)14-16-28(22,5)27(24)15-17-29(25,26)6/h2*10,19-21,23-27,30H,7-9,11-18H2,1-6H3/t2*20-,21?,23+,24+,25-,26+,27+,28+,29-/m11/s1. The second-order valence-corrected chi connectivity index (χ2v) is 25.7. The van der Waals surface area contributed by atoms with Crippen molar-refractivity contribution < 1.29 is 10.2 Å². The van der Waals surface area contributed by atoms with Crippen molar-refractivity contribution in [3.05, 3.63) is 23.3 Å². The summed E-state index contributed by atoms with van der Waals surface area (Å²) in [7, 11) is 0. The third-order valence-electron chi connectivity index (χ3n) is 22.6. The monoisotopic (exact) mass is 829 g/mol. The van der Waals surface area contributed by atoms with Crippen molar-refractivity contribution in [2.24, 2.45) is 105 Å². The summed E-state index contributed by atoms with van der Waals surface area (Å²) in [5.41, 5.74) is 5.17. The van der Waals surface area contributed by atoms with Crippen molar-refractivity contribution >= 4 is 0 Å². The molecule has 6 fully saturated rings. The van der Waals surface area contributed by atoms with Gasteiger partial charge in [0.25, 0.3) is 0 Å². The van der Waals surface area contributed by atoms with Gasteiger partial charge in [-0.15, -0.1) is 0 Å². The molecule has 344 valence electrons. The smallest absolute Gasteiger partial charge is 0.0577 e. The highest BCUT2D eigenvalue weighted by Gasteiger charge is 2.61. The molecule has 60 heavy (non-hydrogen) atoms.